The number of halogens is 1. The van der Waals surface area contributed by atoms with Crippen LogP contribution in [0.3, 0.4) is 0 Å². The van der Waals surface area contributed by atoms with Crippen LogP contribution in [0.25, 0.3) is 5.52 Å². The lowest BCUT2D eigenvalue weighted by molar-refractivity contribution is 0.966. The number of rotatable bonds is 3. The van der Waals surface area contributed by atoms with Gasteiger partial charge in [0, 0.05) is 17.3 Å². The molecule has 16 heavy (non-hydrogen) atoms. The maximum atomic E-state index is 4.20. The Morgan fingerprint density at radius 2 is 2.06 bits per heavy atom. The number of nitrogens with zero attached hydrogens (tertiary/aromatic N) is 2. The minimum Gasteiger partial charge on any atom is -0.307 e. The van der Waals surface area contributed by atoms with E-state index >= 15 is 0 Å². The smallest absolute Gasteiger partial charge is 0.0836 e. The third-order valence-electron chi connectivity index (χ3n) is 2.49. The molecule has 0 saturated heterocycles. The van der Waals surface area contributed by atoms with Crippen LogP contribution in [0.4, 0.5) is 0 Å². The van der Waals surface area contributed by atoms with E-state index in [2.05, 4.69) is 28.8 Å². The molecule has 0 radical (unpaired) electrons. The molecule has 0 aliphatic heterocycles. The Labute approximate surface area is 111 Å². The van der Waals surface area contributed by atoms with Crippen molar-refractivity contribution >= 4 is 41.4 Å². The lowest BCUT2D eigenvalue weighted by Gasteiger charge is -2.00. The fourth-order valence-corrected chi connectivity index (χ4v) is 3.63. The van der Waals surface area contributed by atoms with E-state index in [1.807, 2.05) is 42.1 Å². The second-order valence-corrected chi connectivity index (χ2v) is 4.82. The van der Waals surface area contributed by atoms with Crippen molar-refractivity contribution in [3.05, 3.63) is 24.2 Å². The predicted octanol–water partition coefficient (Wildman–Crippen LogP) is 3.76. The zero-order chi connectivity index (χ0) is 10.8. The summed E-state index contributed by atoms with van der Waals surface area (Å²) in [7, 11) is 0. The summed E-state index contributed by atoms with van der Waals surface area (Å²) in [5, 5.41) is 1.35. The molecular weight excluding hydrogens is 260 g/mol. The van der Waals surface area contributed by atoms with E-state index in [0.29, 0.717) is 0 Å². The fourth-order valence-electron chi connectivity index (χ4n) is 1.86. The molecule has 88 valence electrons. The summed E-state index contributed by atoms with van der Waals surface area (Å²) < 4.78 is 2.24. The van der Waals surface area contributed by atoms with Crippen LogP contribution in [-0.2, 0) is 6.42 Å². The van der Waals surface area contributed by atoms with Gasteiger partial charge >= 0.3 is 0 Å². The van der Waals surface area contributed by atoms with E-state index in [4.69, 9.17) is 0 Å². The fraction of sp³-hybridized carbons (Fsp3) is 0.364. The number of aromatic nitrogens is 2. The van der Waals surface area contributed by atoms with E-state index in [1.54, 1.807) is 0 Å². The molecule has 5 heteroatoms. The Hall–Kier alpha value is -0.320. The van der Waals surface area contributed by atoms with E-state index < -0.39 is 0 Å². The van der Waals surface area contributed by atoms with Crippen LogP contribution >= 0.6 is 35.9 Å². The quantitative estimate of drug-likeness (QED) is 0.794. The molecule has 0 aliphatic rings. The van der Waals surface area contributed by atoms with Gasteiger partial charge in [-0.1, -0.05) is 6.92 Å². The molecule has 2 rings (SSSR count). The molecule has 2 nitrogen and oxygen atoms in total. The minimum absolute atomic E-state index is 0. The third kappa shape index (κ3) is 2.06. The molecule has 0 amide bonds. The average molecular weight is 275 g/mol. The highest BCUT2D eigenvalue weighted by atomic mass is 35.5. The molecule has 0 unspecified atom stereocenters. The van der Waals surface area contributed by atoms with E-state index in [-0.39, 0.29) is 12.4 Å². The molecule has 0 spiro atoms. The molecule has 2 heterocycles. The predicted molar refractivity (Wildman–Crippen MR) is 75.4 cm³/mol. The maximum Gasteiger partial charge on any atom is 0.0836 e. The summed E-state index contributed by atoms with van der Waals surface area (Å²) >= 11 is 3.62. The Morgan fingerprint density at radius 3 is 2.62 bits per heavy atom. The van der Waals surface area contributed by atoms with Crippen LogP contribution in [-0.4, -0.2) is 21.9 Å². The van der Waals surface area contributed by atoms with Gasteiger partial charge in [-0.2, -0.15) is 0 Å². The van der Waals surface area contributed by atoms with Gasteiger partial charge in [0.2, 0.25) is 0 Å². The van der Waals surface area contributed by atoms with Gasteiger partial charge in [-0.05, 0) is 24.5 Å². The monoisotopic (exact) mass is 274 g/mol. The van der Waals surface area contributed by atoms with Crippen LogP contribution in [0.5, 0.6) is 0 Å². The third-order valence-corrected chi connectivity index (χ3v) is 4.19. The summed E-state index contributed by atoms with van der Waals surface area (Å²) in [6.45, 7) is 2.21. The molecular formula is C11H15ClN2S2. The number of fused-ring (bicyclic) bond motifs is 1. The topological polar surface area (TPSA) is 17.3 Å². The van der Waals surface area contributed by atoms with Gasteiger partial charge in [0.25, 0.3) is 0 Å². The van der Waals surface area contributed by atoms with Crippen molar-refractivity contribution < 1.29 is 0 Å². The van der Waals surface area contributed by atoms with E-state index in [1.165, 1.54) is 21.0 Å². The lowest BCUT2D eigenvalue weighted by Crippen LogP contribution is -1.87. The molecule has 0 atom stereocenters. The van der Waals surface area contributed by atoms with Crippen LogP contribution in [0.1, 0.15) is 12.5 Å². The Bertz CT molecular complexity index is 441. The highest BCUT2D eigenvalue weighted by Crippen LogP contribution is 2.35. The van der Waals surface area contributed by atoms with Gasteiger partial charge in [0.15, 0.2) is 0 Å². The second kappa shape index (κ2) is 5.84. The Balaban J connectivity index is 0.00000128. The zero-order valence-electron chi connectivity index (χ0n) is 9.56. The summed E-state index contributed by atoms with van der Waals surface area (Å²) in [5.41, 5.74) is 2.68. The van der Waals surface area contributed by atoms with Gasteiger partial charge in [0.05, 0.1) is 16.7 Å². The van der Waals surface area contributed by atoms with Gasteiger partial charge in [-0.3, -0.25) is 4.98 Å². The SMILES string of the molecule is CCc1c(SC)c2cnccn2c1SC.Cl. The van der Waals surface area contributed by atoms with Gasteiger partial charge < -0.3 is 4.40 Å². The van der Waals surface area contributed by atoms with Crippen LogP contribution in [0, 0.1) is 0 Å². The standard InChI is InChI=1S/C11H14N2S2.ClH/c1-4-8-10(14-2)9-7-12-5-6-13(9)11(8)15-3;/h5-7H,4H2,1-3H3;1H. The summed E-state index contributed by atoms with van der Waals surface area (Å²) in [4.78, 5) is 5.57. The first-order valence-electron chi connectivity index (χ1n) is 4.88. The van der Waals surface area contributed by atoms with Gasteiger partial charge in [0.1, 0.15) is 0 Å². The van der Waals surface area contributed by atoms with Crippen molar-refractivity contribution in [1.29, 1.82) is 0 Å². The van der Waals surface area contributed by atoms with Crippen molar-refractivity contribution in [3.63, 3.8) is 0 Å². The summed E-state index contributed by atoms with van der Waals surface area (Å²) in [6.07, 6.45) is 11.2. The number of hydrogen-bond donors (Lipinski definition) is 0. The number of thioether (sulfide) groups is 2. The Morgan fingerprint density at radius 1 is 1.31 bits per heavy atom. The minimum atomic E-state index is 0. The first-order valence-corrected chi connectivity index (χ1v) is 7.33. The van der Waals surface area contributed by atoms with Crippen molar-refractivity contribution in [2.24, 2.45) is 0 Å². The molecule has 0 aliphatic carbocycles. The molecule has 0 saturated carbocycles. The number of hydrogen-bond acceptors (Lipinski definition) is 3. The van der Waals surface area contributed by atoms with Crippen molar-refractivity contribution in [3.8, 4) is 0 Å². The summed E-state index contributed by atoms with van der Waals surface area (Å²) in [5.74, 6) is 0. The first kappa shape index (κ1) is 13.7. The van der Waals surface area contributed by atoms with E-state index in [9.17, 15) is 0 Å². The zero-order valence-corrected chi connectivity index (χ0v) is 12.0. The van der Waals surface area contributed by atoms with Crippen molar-refractivity contribution in [1.82, 2.24) is 9.38 Å². The molecule has 0 bridgehead atoms. The van der Waals surface area contributed by atoms with Gasteiger partial charge in [-0.25, -0.2) is 0 Å². The van der Waals surface area contributed by atoms with Crippen LogP contribution < -0.4 is 0 Å². The van der Waals surface area contributed by atoms with Crippen LogP contribution in [0.15, 0.2) is 28.5 Å². The van der Waals surface area contributed by atoms with Crippen molar-refractivity contribution in [2.45, 2.75) is 23.3 Å². The van der Waals surface area contributed by atoms with Crippen LogP contribution in [0.2, 0.25) is 0 Å². The molecule has 0 N–H and O–H groups in total. The second-order valence-electron chi connectivity index (χ2n) is 3.21. The lowest BCUT2D eigenvalue weighted by atomic mass is 10.2. The molecule has 2 aromatic rings. The summed E-state index contributed by atoms with van der Waals surface area (Å²) in [6, 6.07) is 0. The average Bonchev–Trinajstić information content (AvgIpc) is 2.61. The highest BCUT2D eigenvalue weighted by Gasteiger charge is 2.15. The van der Waals surface area contributed by atoms with Crippen molar-refractivity contribution in [2.75, 3.05) is 12.5 Å². The Kier molecular flexibility index (Phi) is 5.02. The van der Waals surface area contributed by atoms with Gasteiger partial charge in [-0.15, -0.1) is 35.9 Å². The molecule has 2 aromatic heterocycles. The van der Waals surface area contributed by atoms with E-state index in [0.717, 1.165) is 6.42 Å². The molecule has 0 fully saturated rings. The normalized spacial score (nSPS) is 10.4. The first-order chi connectivity index (χ1) is 7.33. The maximum absolute atomic E-state index is 4.20. The molecule has 0 aromatic carbocycles. The largest absolute Gasteiger partial charge is 0.307 e. The highest BCUT2D eigenvalue weighted by molar-refractivity contribution is 7.99.